The Bertz CT molecular complexity index is 1320. The molecule has 1 saturated heterocycles. The van der Waals surface area contributed by atoms with E-state index in [9.17, 15) is 14.9 Å². The maximum absolute atomic E-state index is 13.5. The maximum Gasteiger partial charge on any atom is 0.269 e. The Morgan fingerprint density at radius 2 is 1.85 bits per heavy atom. The van der Waals surface area contributed by atoms with Gasteiger partial charge in [-0.3, -0.25) is 14.5 Å². The van der Waals surface area contributed by atoms with E-state index in [0.717, 1.165) is 15.6 Å². The van der Waals surface area contributed by atoms with Crippen molar-refractivity contribution in [3.05, 3.63) is 104 Å². The van der Waals surface area contributed by atoms with Crippen molar-refractivity contribution in [2.75, 3.05) is 10.2 Å². The third-order valence-corrected chi connectivity index (χ3v) is 7.24. The number of nitrogens with one attached hydrogen (secondary N) is 1. The molecule has 1 atom stereocenters. The third-order valence-electron chi connectivity index (χ3n) is 5.20. The molecule has 1 heterocycles. The summed E-state index contributed by atoms with van der Waals surface area (Å²) < 4.78 is 0.860. The Balaban J connectivity index is 1.72. The number of thioether (sulfide) groups is 1. The summed E-state index contributed by atoms with van der Waals surface area (Å²) in [5.41, 5.74) is 3.10. The van der Waals surface area contributed by atoms with Crippen LogP contribution < -0.4 is 10.2 Å². The van der Waals surface area contributed by atoms with Crippen LogP contribution in [0.1, 0.15) is 11.1 Å². The molecule has 1 aliphatic heterocycles. The van der Waals surface area contributed by atoms with Gasteiger partial charge in [-0.25, -0.2) is 0 Å². The Morgan fingerprint density at radius 3 is 2.50 bits per heavy atom. The van der Waals surface area contributed by atoms with Crippen LogP contribution in [0, 0.1) is 18.3 Å². The first-order valence-electron chi connectivity index (χ1n) is 10.4. The van der Waals surface area contributed by atoms with Crippen LogP contribution in [0.25, 0.3) is 0 Å². The van der Waals surface area contributed by atoms with Crippen LogP contribution in [-0.4, -0.2) is 17.1 Å². The van der Waals surface area contributed by atoms with Gasteiger partial charge >= 0.3 is 0 Å². The molecule has 5 nitrogen and oxygen atoms in total. The van der Waals surface area contributed by atoms with Gasteiger partial charge in [0.25, 0.3) is 5.91 Å². The molecule has 3 aromatic carbocycles. The molecule has 1 unspecified atom stereocenters. The van der Waals surface area contributed by atoms with Gasteiger partial charge < -0.3 is 5.32 Å². The summed E-state index contributed by atoms with van der Waals surface area (Å²) in [5, 5.41) is 13.1. The molecule has 1 N–H and O–H groups in total. The van der Waals surface area contributed by atoms with Crippen molar-refractivity contribution in [3.8, 4) is 6.07 Å². The minimum atomic E-state index is -0.585. The molecule has 34 heavy (non-hydrogen) atoms. The summed E-state index contributed by atoms with van der Waals surface area (Å²) in [6.45, 7) is 2.00. The Kier molecular flexibility index (Phi) is 7.42. The highest BCUT2D eigenvalue weighted by Gasteiger charge is 2.40. The minimum absolute atomic E-state index is 0.122. The number of nitrogens with zero attached hydrogens (tertiary/aromatic N) is 2. The Labute approximate surface area is 215 Å². The highest BCUT2D eigenvalue weighted by molar-refractivity contribution is 9.10. The number of hydrogen-bond donors (Lipinski definition) is 1. The van der Waals surface area contributed by atoms with E-state index in [1.165, 1.54) is 16.7 Å². The molecule has 0 saturated carbocycles. The molecule has 0 bridgehead atoms. The van der Waals surface area contributed by atoms with Crippen LogP contribution in [0.15, 0.2) is 87.9 Å². The molecule has 0 aliphatic carbocycles. The van der Waals surface area contributed by atoms with Gasteiger partial charge in [0, 0.05) is 20.9 Å². The van der Waals surface area contributed by atoms with Crippen molar-refractivity contribution in [1.82, 2.24) is 0 Å². The number of benzene rings is 3. The summed E-state index contributed by atoms with van der Waals surface area (Å²) in [6.07, 6.45) is 0.485. The van der Waals surface area contributed by atoms with Gasteiger partial charge in [0.05, 0.1) is 5.25 Å². The molecule has 4 rings (SSSR count). The van der Waals surface area contributed by atoms with E-state index in [-0.39, 0.29) is 11.5 Å². The number of carbonyl (C=O) groups excluding carboxylic acids is 2. The van der Waals surface area contributed by atoms with E-state index >= 15 is 0 Å². The highest BCUT2D eigenvalue weighted by Crippen LogP contribution is 2.42. The molecular weight excluding hydrogens is 534 g/mol. The number of halogens is 2. The van der Waals surface area contributed by atoms with E-state index in [1.807, 2.05) is 49.4 Å². The van der Waals surface area contributed by atoms with E-state index in [0.29, 0.717) is 27.8 Å². The van der Waals surface area contributed by atoms with E-state index < -0.39 is 11.2 Å². The van der Waals surface area contributed by atoms with E-state index in [4.69, 9.17) is 11.6 Å². The molecule has 0 spiro atoms. The number of carbonyl (C=O) groups is 2. The van der Waals surface area contributed by atoms with Gasteiger partial charge in [0.15, 0.2) is 0 Å². The second-order valence-corrected chi connectivity index (χ2v) is 10.2. The fourth-order valence-corrected chi connectivity index (χ4v) is 5.29. The van der Waals surface area contributed by atoms with Crippen LogP contribution in [0.2, 0.25) is 5.02 Å². The lowest BCUT2D eigenvalue weighted by Crippen LogP contribution is -2.30. The zero-order valence-corrected chi connectivity index (χ0v) is 21.2. The van der Waals surface area contributed by atoms with Gasteiger partial charge in [0.2, 0.25) is 5.91 Å². The fourth-order valence-electron chi connectivity index (χ4n) is 3.59. The number of aryl methyl sites for hydroxylation is 1. The molecule has 3 aromatic rings. The van der Waals surface area contributed by atoms with Gasteiger partial charge in [-0.2, -0.15) is 5.26 Å². The monoisotopic (exact) mass is 551 g/mol. The SMILES string of the molecule is Cc1cccc(CC2S/C(=C(/C#N)C(=O)Nc3ccc(Cl)cc3)N(c3ccc(Br)cc3)C2=O)c1. The lowest BCUT2D eigenvalue weighted by molar-refractivity contribution is -0.117. The van der Waals surface area contributed by atoms with Crippen LogP contribution in [0.3, 0.4) is 0 Å². The van der Waals surface area contributed by atoms with Crippen LogP contribution in [0.5, 0.6) is 0 Å². The first-order valence-corrected chi connectivity index (χ1v) is 12.4. The second kappa shape index (κ2) is 10.5. The topological polar surface area (TPSA) is 73.2 Å². The van der Waals surface area contributed by atoms with E-state index in [2.05, 4.69) is 21.2 Å². The summed E-state index contributed by atoms with van der Waals surface area (Å²) >= 11 is 10.6. The average molecular weight is 553 g/mol. The third kappa shape index (κ3) is 5.36. The lowest BCUT2D eigenvalue weighted by atomic mass is 10.1. The van der Waals surface area contributed by atoms with Gasteiger partial charge in [-0.15, -0.1) is 0 Å². The Hall–Kier alpha value is -3.05. The summed E-state index contributed by atoms with van der Waals surface area (Å²) in [7, 11) is 0. The first kappa shape index (κ1) is 24.1. The van der Waals surface area contributed by atoms with Crippen molar-refractivity contribution in [1.29, 1.82) is 5.26 Å². The fraction of sp³-hybridized carbons (Fsp3) is 0.115. The van der Waals surface area contributed by atoms with Crippen molar-refractivity contribution in [3.63, 3.8) is 0 Å². The van der Waals surface area contributed by atoms with Crippen molar-refractivity contribution in [2.45, 2.75) is 18.6 Å². The predicted molar refractivity (Wildman–Crippen MR) is 141 cm³/mol. The number of nitriles is 1. The summed E-state index contributed by atoms with van der Waals surface area (Å²) in [4.78, 5) is 28.1. The second-order valence-electron chi connectivity index (χ2n) is 7.70. The standard InChI is InChI=1S/C26H19BrClN3O2S/c1-16-3-2-4-17(13-16)14-23-25(33)31(21-11-5-18(27)6-12-21)26(34-23)22(15-29)24(32)30-20-9-7-19(28)8-10-20/h2-13,23H,14H2,1H3,(H,30,32)/b26-22-. The van der Waals surface area contributed by atoms with E-state index in [1.54, 1.807) is 36.4 Å². The molecule has 0 radical (unpaired) electrons. The Morgan fingerprint density at radius 1 is 1.15 bits per heavy atom. The molecule has 1 fully saturated rings. The van der Waals surface area contributed by atoms with Crippen molar-refractivity contribution >= 4 is 62.5 Å². The predicted octanol–water partition coefficient (Wildman–Crippen LogP) is 6.48. The normalized spacial score (nSPS) is 16.8. The van der Waals surface area contributed by atoms with Gasteiger partial charge in [-0.1, -0.05) is 69.1 Å². The lowest BCUT2D eigenvalue weighted by Gasteiger charge is -2.19. The first-order chi connectivity index (χ1) is 16.4. The molecule has 0 aromatic heterocycles. The summed E-state index contributed by atoms with van der Waals surface area (Å²) in [5.74, 6) is -0.755. The maximum atomic E-state index is 13.5. The average Bonchev–Trinajstić information content (AvgIpc) is 3.12. The zero-order chi connectivity index (χ0) is 24.2. The van der Waals surface area contributed by atoms with Crippen molar-refractivity contribution < 1.29 is 9.59 Å². The van der Waals surface area contributed by atoms with Gasteiger partial charge in [-0.05, 0) is 67.4 Å². The van der Waals surface area contributed by atoms with Crippen LogP contribution >= 0.6 is 39.3 Å². The minimum Gasteiger partial charge on any atom is -0.321 e. The molecule has 1 aliphatic rings. The molecular formula is C26H19BrClN3O2S. The molecule has 8 heteroatoms. The number of rotatable bonds is 5. The number of amides is 2. The van der Waals surface area contributed by atoms with Gasteiger partial charge in [0.1, 0.15) is 16.7 Å². The molecule has 170 valence electrons. The number of anilines is 2. The van der Waals surface area contributed by atoms with Crippen LogP contribution in [-0.2, 0) is 16.0 Å². The van der Waals surface area contributed by atoms with Crippen LogP contribution in [0.4, 0.5) is 11.4 Å². The quantitative estimate of drug-likeness (QED) is 0.291. The summed E-state index contributed by atoms with van der Waals surface area (Å²) in [6, 6.07) is 23.8. The smallest absolute Gasteiger partial charge is 0.269 e. The largest absolute Gasteiger partial charge is 0.321 e. The number of hydrogen-bond acceptors (Lipinski definition) is 4. The van der Waals surface area contributed by atoms with Crippen molar-refractivity contribution in [2.24, 2.45) is 0 Å². The zero-order valence-electron chi connectivity index (χ0n) is 18.1. The highest BCUT2D eigenvalue weighted by atomic mass is 79.9. The molecule has 2 amide bonds.